The Morgan fingerprint density at radius 2 is 1.81 bits per heavy atom. The summed E-state index contributed by atoms with van der Waals surface area (Å²) >= 11 is 6.50. The summed E-state index contributed by atoms with van der Waals surface area (Å²) in [4.78, 5) is 0.240. The maximum absolute atomic E-state index is 13.1. The molecule has 1 heterocycles. The summed E-state index contributed by atoms with van der Waals surface area (Å²) in [5, 5.41) is 4.35. The van der Waals surface area contributed by atoms with Gasteiger partial charge in [-0.2, -0.15) is 0 Å². The topological polar surface area (TPSA) is 67.4 Å². The van der Waals surface area contributed by atoms with Crippen molar-refractivity contribution < 1.29 is 13.2 Å². The van der Waals surface area contributed by atoms with Gasteiger partial charge in [-0.1, -0.05) is 42.0 Å². The van der Waals surface area contributed by atoms with Crippen molar-refractivity contribution in [2.45, 2.75) is 23.3 Å². The Morgan fingerprint density at radius 3 is 2.56 bits per heavy atom. The number of fused-ring (bicyclic) bond motifs is 3. The number of halogens is 1. The molecule has 2 aliphatic rings. The number of methoxy groups -OCH3 is 1. The van der Waals surface area contributed by atoms with Gasteiger partial charge in [-0.05, 0) is 72.0 Å². The van der Waals surface area contributed by atoms with Crippen LogP contribution in [0.3, 0.4) is 0 Å². The number of rotatable bonds is 5. The minimum absolute atomic E-state index is 0.0658. The molecule has 0 fully saturated rings. The standard InChI is InChI=1S/C25H23ClN2O3S/c1-31-17-11-9-16(10-12-17)28-32(29,30)18-13-14-24-22(15-18)19-6-4-7-20(19)25(27-24)21-5-2-3-8-23(21)26/h2-6,8-15,19-20,25,27-28H,7H2,1H3. The molecule has 5 nitrogen and oxygen atoms in total. The van der Waals surface area contributed by atoms with Gasteiger partial charge in [0, 0.05) is 22.3 Å². The monoisotopic (exact) mass is 466 g/mol. The minimum Gasteiger partial charge on any atom is -0.497 e. The summed E-state index contributed by atoms with van der Waals surface area (Å²) in [6, 6.07) is 20.0. The first-order valence-electron chi connectivity index (χ1n) is 10.4. The second-order valence-electron chi connectivity index (χ2n) is 8.08. The van der Waals surface area contributed by atoms with Gasteiger partial charge in [-0.15, -0.1) is 0 Å². The molecule has 2 N–H and O–H groups in total. The van der Waals surface area contributed by atoms with Crippen molar-refractivity contribution >= 4 is 33.0 Å². The highest BCUT2D eigenvalue weighted by Gasteiger charge is 2.39. The normalized spacial score (nSPS) is 21.4. The van der Waals surface area contributed by atoms with Crippen LogP contribution in [0.15, 0.2) is 83.8 Å². The van der Waals surface area contributed by atoms with E-state index in [1.807, 2.05) is 24.3 Å². The van der Waals surface area contributed by atoms with Gasteiger partial charge in [0.15, 0.2) is 0 Å². The maximum atomic E-state index is 13.1. The minimum atomic E-state index is -3.73. The molecule has 0 aromatic heterocycles. The van der Waals surface area contributed by atoms with Crippen LogP contribution in [0.5, 0.6) is 5.75 Å². The fourth-order valence-corrected chi connectivity index (χ4v) is 5.99. The Bertz CT molecular complexity index is 1290. The molecule has 3 aromatic carbocycles. The lowest BCUT2D eigenvalue weighted by atomic mass is 9.77. The van der Waals surface area contributed by atoms with Gasteiger partial charge in [0.25, 0.3) is 10.0 Å². The average molecular weight is 467 g/mol. The first-order chi connectivity index (χ1) is 15.5. The lowest BCUT2D eigenvalue weighted by molar-refractivity contribution is 0.415. The van der Waals surface area contributed by atoms with Crippen LogP contribution in [-0.4, -0.2) is 15.5 Å². The number of allylic oxidation sites excluding steroid dienone is 2. The van der Waals surface area contributed by atoms with E-state index in [9.17, 15) is 8.42 Å². The van der Waals surface area contributed by atoms with Crippen molar-refractivity contribution in [1.82, 2.24) is 0 Å². The van der Waals surface area contributed by atoms with E-state index < -0.39 is 10.0 Å². The van der Waals surface area contributed by atoms with Gasteiger partial charge in [-0.3, -0.25) is 4.72 Å². The van der Waals surface area contributed by atoms with Gasteiger partial charge in [0.1, 0.15) is 5.75 Å². The molecule has 1 aliphatic heterocycles. The van der Waals surface area contributed by atoms with E-state index in [-0.39, 0.29) is 22.8 Å². The molecule has 0 saturated carbocycles. The number of ether oxygens (including phenoxy) is 1. The second kappa shape index (κ2) is 8.19. The van der Waals surface area contributed by atoms with Crippen molar-refractivity contribution in [1.29, 1.82) is 0 Å². The van der Waals surface area contributed by atoms with Crippen molar-refractivity contribution in [2.24, 2.45) is 5.92 Å². The zero-order chi connectivity index (χ0) is 22.3. The molecular weight excluding hydrogens is 444 g/mol. The van der Waals surface area contributed by atoms with Gasteiger partial charge >= 0.3 is 0 Å². The van der Waals surface area contributed by atoms with E-state index in [2.05, 4.69) is 28.3 Å². The molecule has 0 radical (unpaired) electrons. The van der Waals surface area contributed by atoms with E-state index >= 15 is 0 Å². The van der Waals surface area contributed by atoms with Crippen LogP contribution in [0, 0.1) is 5.92 Å². The number of benzene rings is 3. The van der Waals surface area contributed by atoms with Crippen molar-refractivity contribution in [2.75, 3.05) is 17.1 Å². The van der Waals surface area contributed by atoms with Gasteiger partial charge < -0.3 is 10.1 Å². The van der Waals surface area contributed by atoms with Gasteiger partial charge in [-0.25, -0.2) is 8.42 Å². The lowest BCUT2D eigenvalue weighted by Crippen LogP contribution is -2.29. The van der Waals surface area contributed by atoms with Crippen LogP contribution >= 0.6 is 11.6 Å². The van der Waals surface area contributed by atoms with Crippen molar-refractivity contribution in [3.05, 3.63) is 95.0 Å². The maximum Gasteiger partial charge on any atom is 0.261 e. The largest absolute Gasteiger partial charge is 0.497 e. The third-order valence-corrected chi connectivity index (χ3v) is 7.95. The molecule has 0 bridgehead atoms. The fourth-order valence-electron chi connectivity index (χ4n) is 4.65. The number of anilines is 2. The molecule has 3 atom stereocenters. The van der Waals surface area contributed by atoms with E-state index in [4.69, 9.17) is 16.3 Å². The van der Waals surface area contributed by atoms with Crippen LogP contribution < -0.4 is 14.8 Å². The van der Waals surface area contributed by atoms with E-state index in [1.54, 1.807) is 43.5 Å². The Balaban J connectivity index is 1.47. The Hall–Kier alpha value is -2.96. The second-order valence-corrected chi connectivity index (χ2v) is 10.2. The Labute approximate surface area is 193 Å². The summed E-state index contributed by atoms with van der Waals surface area (Å²) in [7, 11) is -2.16. The molecule has 3 unspecified atom stereocenters. The predicted octanol–water partition coefficient (Wildman–Crippen LogP) is 5.98. The molecular formula is C25H23ClN2O3S. The van der Waals surface area contributed by atoms with Crippen LogP contribution in [-0.2, 0) is 10.0 Å². The smallest absolute Gasteiger partial charge is 0.261 e. The molecule has 1 aliphatic carbocycles. The molecule has 3 aromatic rings. The van der Waals surface area contributed by atoms with Crippen LogP contribution in [0.25, 0.3) is 0 Å². The Morgan fingerprint density at radius 1 is 1.03 bits per heavy atom. The molecule has 0 saturated heterocycles. The predicted molar refractivity (Wildman–Crippen MR) is 128 cm³/mol. The zero-order valence-electron chi connectivity index (χ0n) is 17.5. The third kappa shape index (κ3) is 3.74. The van der Waals surface area contributed by atoms with Crippen molar-refractivity contribution in [3.63, 3.8) is 0 Å². The lowest BCUT2D eigenvalue weighted by Gasteiger charge is -2.38. The summed E-state index contributed by atoms with van der Waals surface area (Å²) in [6.45, 7) is 0. The average Bonchev–Trinajstić information content (AvgIpc) is 3.29. The zero-order valence-corrected chi connectivity index (χ0v) is 19.0. The van der Waals surface area contributed by atoms with Gasteiger partial charge in [0.2, 0.25) is 0 Å². The number of hydrogen-bond donors (Lipinski definition) is 2. The molecule has 32 heavy (non-hydrogen) atoms. The SMILES string of the molecule is COc1ccc(NS(=O)(=O)c2ccc3c(c2)C2C=CCC2C(c2ccccc2Cl)N3)cc1. The molecule has 0 amide bonds. The number of hydrogen-bond acceptors (Lipinski definition) is 4. The van der Waals surface area contributed by atoms with E-state index in [0.717, 1.165) is 28.3 Å². The highest BCUT2D eigenvalue weighted by atomic mass is 35.5. The van der Waals surface area contributed by atoms with Crippen LogP contribution in [0.2, 0.25) is 5.02 Å². The van der Waals surface area contributed by atoms with E-state index in [1.165, 1.54) is 0 Å². The van der Waals surface area contributed by atoms with Gasteiger partial charge in [0.05, 0.1) is 18.0 Å². The summed E-state index contributed by atoms with van der Waals surface area (Å²) in [6.07, 6.45) is 5.27. The first kappa shape index (κ1) is 20.9. The quantitative estimate of drug-likeness (QED) is 0.454. The number of nitrogens with one attached hydrogen (secondary N) is 2. The van der Waals surface area contributed by atoms with Crippen molar-refractivity contribution in [3.8, 4) is 5.75 Å². The molecule has 164 valence electrons. The summed E-state index contributed by atoms with van der Waals surface area (Å²) in [5.74, 6) is 1.07. The van der Waals surface area contributed by atoms with Crippen LogP contribution in [0.1, 0.15) is 29.5 Å². The van der Waals surface area contributed by atoms with Crippen LogP contribution in [0.4, 0.5) is 11.4 Å². The summed E-state index contributed by atoms with van der Waals surface area (Å²) in [5.41, 5.74) is 3.48. The van der Waals surface area contributed by atoms with E-state index in [0.29, 0.717) is 11.4 Å². The molecule has 0 spiro atoms. The molecule has 5 rings (SSSR count). The fraction of sp³-hybridized carbons (Fsp3) is 0.200. The molecule has 7 heteroatoms. The first-order valence-corrected chi connectivity index (χ1v) is 12.3. The summed E-state index contributed by atoms with van der Waals surface area (Å²) < 4.78 is 33.9. The number of sulfonamides is 1. The Kier molecular flexibility index (Phi) is 5.35. The highest BCUT2D eigenvalue weighted by Crippen LogP contribution is 2.51. The third-order valence-electron chi connectivity index (χ3n) is 6.23. The highest BCUT2D eigenvalue weighted by molar-refractivity contribution is 7.92.